The van der Waals surface area contributed by atoms with E-state index in [0.717, 1.165) is 19.4 Å². The number of hydrogen-bond acceptors (Lipinski definition) is 2. The Kier molecular flexibility index (Phi) is 6.23. The molecule has 1 heterocycles. The molecule has 1 atom stereocenters. The Morgan fingerprint density at radius 2 is 2.10 bits per heavy atom. The van der Waals surface area contributed by atoms with Gasteiger partial charge in [0.1, 0.15) is 6.04 Å². The zero-order valence-corrected chi connectivity index (χ0v) is 5.55. The lowest BCUT2D eigenvalue weighted by molar-refractivity contribution is -0.139. The summed E-state index contributed by atoms with van der Waals surface area (Å²) in [7, 11) is 0. The van der Waals surface area contributed by atoms with Crippen molar-refractivity contribution >= 4 is 5.97 Å². The van der Waals surface area contributed by atoms with Gasteiger partial charge < -0.3 is 21.4 Å². The molecular formula is C5H13NO4. The maximum atomic E-state index is 10.1. The molecular weight excluding hydrogens is 138 g/mol. The maximum Gasteiger partial charge on any atom is 0.320 e. The van der Waals surface area contributed by atoms with E-state index in [0.29, 0.717) is 0 Å². The van der Waals surface area contributed by atoms with Crippen LogP contribution < -0.4 is 5.32 Å². The number of carbonyl (C=O) groups is 1. The lowest BCUT2D eigenvalue weighted by atomic mass is 10.2. The minimum absolute atomic E-state index is 0. The Morgan fingerprint density at radius 3 is 2.30 bits per heavy atom. The summed E-state index contributed by atoms with van der Waals surface area (Å²) in [5.41, 5.74) is 0. The van der Waals surface area contributed by atoms with E-state index in [4.69, 9.17) is 5.11 Å². The van der Waals surface area contributed by atoms with E-state index in [1.54, 1.807) is 0 Å². The maximum absolute atomic E-state index is 10.1. The van der Waals surface area contributed by atoms with E-state index < -0.39 is 5.97 Å². The van der Waals surface area contributed by atoms with Crippen LogP contribution in [0.25, 0.3) is 0 Å². The number of rotatable bonds is 1. The smallest absolute Gasteiger partial charge is 0.320 e. The highest BCUT2D eigenvalue weighted by Gasteiger charge is 2.20. The molecule has 0 amide bonds. The quantitative estimate of drug-likeness (QED) is 0.459. The van der Waals surface area contributed by atoms with Crippen LogP contribution in [0.3, 0.4) is 0 Å². The molecule has 5 nitrogen and oxygen atoms in total. The molecule has 0 unspecified atom stereocenters. The zero-order chi connectivity index (χ0) is 5.98. The molecule has 10 heavy (non-hydrogen) atoms. The van der Waals surface area contributed by atoms with Crippen LogP contribution in [0.2, 0.25) is 0 Å². The minimum atomic E-state index is -0.720. The predicted octanol–water partition coefficient (Wildman–Crippen LogP) is -1.83. The number of carboxylic acid groups (broad SMARTS) is 1. The molecule has 0 spiro atoms. The predicted molar refractivity (Wildman–Crippen MR) is 35.9 cm³/mol. The van der Waals surface area contributed by atoms with Gasteiger partial charge in [0, 0.05) is 0 Å². The van der Waals surface area contributed by atoms with Crippen LogP contribution in [0.5, 0.6) is 0 Å². The molecule has 0 aromatic rings. The van der Waals surface area contributed by atoms with Crippen molar-refractivity contribution in [3.05, 3.63) is 0 Å². The first-order chi connectivity index (χ1) is 3.80. The van der Waals surface area contributed by atoms with Crippen molar-refractivity contribution in [2.24, 2.45) is 0 Å². The second-order valence-electron chi connectivity index (χ2n) is 1.99. The van der Waals surface area contributed by atoms with Gasteiger partial charge in [-0.2, -0.15) is 0 Å². The van der Waals surface area contributed by atoms with Crippen molar-refractivity contribution in [2.75, 3.05) is 6.54 Å². The Hall–Kier alpha value is -0.650. The van der Waals surface area contributed by atoms with Gasteiger partial charge in [0.05, 0.1) is 0 Å². The minimum Gasteiger partial charge on any atom is -0.480 e. The summed E-state index contributed by atoms with van der Waals surface area (Å²) in [6.45, 7) is 0.858. The molecule has 0 aromatic carbocycles. The van der Waals surface area contributed by atoms with Gasteiger partial charge in [-0.1, -0.05) is 0 Å². The average molecular weight is 151 g/mol. The Bertz CT molecular complexity index is 99.8. The molecule has 6 N–H and O–H groups in total. The second-order valence-corrected chi connectivity index (χ2v) is 1.99. The van der Waals surface area contributed by atoms with E-state index in [2.05, 4.69) is 5.32 Å². The summed E-state index contributed by atoms with van der Waals surface area (Å²) < 4.78 is 0. The van der Waals surface area contributed by atoms with E-state index in [9.17, 15) is 4.79 Å². The zero-order valence-electron chi connectivity index (χ0n) is 5.55. The molecule has 0 radical (unpaired) electrons. The van der Waals surface area contributed by atoms with Crippen molar-refractivity contribution in [1.82, 2.24) is 5.32 Å². The van der Waals surface area contributed by atoms with Gasteiger partial charge in [-0.25, -0.2) is 0 Å². The largest absolute Gasteiger partial charge is 0.480 e. The van der Waals surface area contributed by atoms with E-state index in [1.807, 2.05) is 0 Å². The highest BCUT2D eigenvalue weighted by molar-refractivity contribution is 5.73. The lowest BCUT2D eigenvalue weighted by Crippen LogP contribution is -2.29. The SMILES string of the molecule is O.O.O=C(O)[C@@H]1CCCN1. The molecule has 1 fully saturated rings. The fourth-order valence-electron chi connectivity index (χ4n) is 0.895. The molecule has 0 saturated carbocycles. The van der Waals surface area contributed by atoms with E-state index >= 15 is 0 Å². The van der Waals surface area contributed by atoms with Crippen molar-refractivity contribution in [3.8, 4) is 0 Å². The van der Waals surface area contributed by atoms with Gasteiger partial charge >= 0.3 is 5.97 Å². The lowest BCUT2D eigenvalue weighted by Gasteiger charge is -1.99. The molecule has 0 aliphatic carbocycles. The monoisotopic (exact) mass is 151 g/mol. The first kappa shape index (κ1) is 12.1. The Balaban J connectivity index is 0. The van der Waals surface area contributed by atoms with Crippen LogP contribution in [-0.2, 0) is 4.79 Å². The first-order valence-electron chi connectivity index (χ1n) is 2.77. The van der Waals surface area contributed by atoms with Crippen LogP contribution in [0, 0.1) is 0 Å². The third-order valence-corrected chi connectivity index (χ3v) is 1.36. The van der Waals surface area contributed by atoms with Gasteiger partial charge in [-0.05, 0) is 19.4 Å². The highest BCUT2D eigenvalue weighted by atomic mass is 16.4. The van der Waals surface area contributed by atoms with Gasteiger partial charge in [0.15, 0.2) is 0 Å². The molecule has 1 aliphatic heterocycles. The van der Waals surface area contributed by atoms with Crippen molar-refractivity contribution in [2.45, 2.75) is 18.9 Å². The van der Waals surface area contributed by atoms with E-state index in [1.165, 1.54) is 0 Å². The van der Waals surface area contributed by atoms with Crippen molar-refractivity contribution in [3.63, 3.8) is 0 Å². The molecule has 1 rings (SSSR count). The first-order valence-corrected chi connectivity index (χ1v) is 2.77. The topological polar surface area (TPSA) is 112 Å². The van der Waals surface area contributed by atoms with Crippen LogP contribution >= 0.6 is 0 Å². The summed E-state index contributed by atoms with van der Waals surface area (Å²) >= 11 is 0. The average Bonchev–Trinajstić information content (AvgIpc) is 2.12. The van der Waals surface area contributed by atoms with Crippen molar-refractivity contribution < 1.29 is 20.9 Å². The summed E-state index contributed by atoms with van der Waals surface area (Å²) in [5.74, 6) is -0.720. The number of nitrogens with one attached hydrogen (secondary N) is 1. The molecule has 62 valence electrons. The number of aliphatic carboxylic acids is 1. The van der Waals surface area contributed by atoms with Gasteiger partial charge in [-0.3, -0.25) is 4.79 Å². The van der Waals surface area contributed by atoms with Gasteiger partial charge in [0.25, 0.3) is 0 Å². The van der Waals surface area contributed by atoms with Crippen LogP contribution in [0.4, 0.5) is 0 Å². The molecule has 5 heteroatoms. The van der Waals surface area contributed by atoms with Crippen molar-refractivity contribution in [1.29, 1.82) is 0 Å². The Labute approximate surface area is 58.7 Å². The number of hydrogen-bond donors (Lipinski definition) is 2. The highest BCUT2D eigenvalue weighted by Crippen LogP contribution is 2.03. The fourth-order valence-corrected chi connectivity index (χ4v) is 0.895. The fraction of sp³-hybridized carbons (Fsp3) is 0.800. The molecule has 0 aromatic heterocycles. The van der Waals surface area contributed by atoms with Gasteiger partial charge in [-0.15, -0.1) is 0 Å². The summed E-state index contributed by atoms with van der Waals surface area (Å²) in [6, 6.07) is -0.269. The van der Waals surface area contributed by atoms with Crippen LogP contribution in [-0.4, -0.2) is 34.6 Å². The summed E-state index contributed by atoms with van der Waals surface area (Å²) in [4.78, 5) is 10.1. The Morgan fingerprint density at radius 1 is 1.50 bits per heavy atom. The number of carboxylic acids is 1. The molecule has 1 saturated heterocycles. The second kappa shape index (κ2) is 5.16. The van der Waals surface area contributed by atoms with E-state index in [-0.39, 0.29) is 17.0 Å². The van der Waals surface area contributed by atoms with Gasteiger partial charge in [0.2, 0.25) is 0 Å². The molecule has 1 aliphatic rings. The van der Waals surface area contributed by atoms with Crippen LogP contribution in [0.1, 0.15) is 12.8 Å². The normalized spacial score (nSPS) is 22.6. The third-order valence-electron chi connectivity index (χ3n) is 1.36. The summed E-state index contributed by atoms with van der Waals surface area (Å²) in [5, 5.41) is 11.2. The van der Waals surface area contributed by atoms with Crippen LogP contribution in [0.15, 0.2) is 0 Å². The molecule has 0 bridgehead atoms. The third kappa shape index (κ3) is 2.77. The standard InChI is InChI=1S/C5H9NO2.2H2O/c7-5(8)4-2-1-3-6-4;;/h4,6H,1-3H2,(H,7,8);2*1H2/t4-;;/m0../s1. The summed E-state index contributed by atoms with van der Waals surface area (Å²) in [6.07, 6.45) is 1.78.